The van der Waals surface area contributed by atoms with Crippen molar-refractivity contribution in [3.63, 3.8) is 0 Å². The standard InChI is InChI=1S/C22H30N4O2/c1-15(2)18-7-6-8-20(9-18)26-14-19(10-21(26)27)22(28)25(16(3)4)13-17-11-23-24(5)12-17/h6-9,11-12,15-16,19H,10,13-14H2,1-5H3. The average Bonchev–Trinajstić information content (AvgIpc) is 3.24. The van der Waals surface area contributed by atoms with Crippen molar-refractivity contribution in [1.29, 1.82) is 0 Å². The van der Waals surface area contributed by atoms with Gasteiger partial charge in [0.05, 0.1) is 12.1 Å². The third-order valence-electron chi connectivity index (χ3n) is 5.34. The molecule has 6 nitrogen and oxygen atoms in total. The number of carbonyl (C=O) groups is 2. The SMILES string of the molecule is CC(C)c1cccc(N2CC(C(=O)N(Cc3cnn(C)c3)C(C)C)CC2=O)c1. The minimum atomic E-state index is -0.311. The van der Waals surface area contributed by atoms with Gasteiger partial charge in [0.15, 0.2) is 0 Å². The highest BCUT2D eigenvalue weighted by atomic mass is 16.2. The highest BCUT2D eigenvalue weighted by Crippen LogP contribution is 2.29. The summed E-state index contributed by atoms with van der Waals surface area (Å²) in [6.07, 6.45) is 3.97. The van der Waals surface area contributed by atoms with Gasteiger partial charge in [-0.25, -0.2) is 0 Å². The molecule has 0 radical (unpaired) electrons. The van der Waals surface area contributed by atoms with Gasteiger partial charge in [0.25, 0.3) is 0 Å². The van der Waals surface area contributed by atoms with Gasteiger partial charge in [-0.1, -0.05) is 26.0 Å². The number of hydrogen-bond acceptors (Lipinski definition) is 3. The minimum Gasteiger partial charge on any atom is -0.336 e. The number of aryl methyl sites for hydroxylation is 1. The Bertz CT molecular complexity index is 856. The maximum Gasteiger partial charge on any atom is 0.228 e. The lowest BCUT2D eigenvalue weighted by molar-refractivity contribution is -0.138. The van der Waals surface area contributed by atoms with E-state index in [-0.39, 0.29) is 30.2 Å². The Morgan fingerprint density at radius 3 is 2.64 bits per heavy atom. The fraction of sp³-hybridized carbons (Fsp3) is 0.500. The molecule has 6 heteroatoms. The highest BCUT2D eigenvalue weighted by Gasteiger charge is 2.38. The molecule has 2 aromatic rings. The first-order valence-electron chi connectivity index (χ1n) is 9.94. The van der Waals surface area contributed by atoms with Crippen LogP contribution in [0.4, 0.5) is 5.69 Å². The Morgan fingerprint density at radius 2 is 2.04 bits per heavy atom. The molecule has 0 aliphatic carbocycles. The molecule has 1 fully saturated rings. The van der Waals surface area contributed by atoms with Gasteiger partial charge in [-0.3, -0.25) is 14.3 Å². The summed E-state index contributed by atoms with van der Waals surface area (Å²) in [6, 6.07) is 8.13. The number of nitrogens with zero attached hydrogens (tertiary/aromatic N) is 4. The van der Waals surface area contributed by atoms with Crippen LogP contribution in [0, 0.1) is 5.92 Å². The molecule has 2 heterocycles. The molecule has 1 atom stereocenters. The van der Waals surface area contributed by atoms with Crippen LogP contribution in [-0.2, 0) is 23.2 Å². The monoisotopic (exact) mass is 382 g/mol. The van der Waals surface area contributed by atoms with Crippen molar-refractivity contribution >= 4 is 17.5 Å². The number of rotatable bonds is 6. The summed E-state index contributed by atoms with van der Waals surface area (Å²) >= 11 is 0. The molecule has 1 aliphatic heterocycles. The number of aromatic nitrogens is 2. The first kappa shape index (κ1) is 20.1. The van der Waals surface area contributed by atoms with Crippen LogP contribution in [0.2, 0.25) is 0 Å². The summed E-state index contributed by atoms with van der Waals surface area (Å²) in [7, 11) is 1.86. The molecule has 1 aromatic carbocycles. The Kier molecular flexibility index (Phi) is 5.87. The summed E-state index contributed by atoms with van der Waals surface area (Å²) < 4.78 is 1.74. The van der Waals surface area contributed by atoms with Gasteiger partial charge in [0.2, 0.25) is 11.8 Å². The quantitative estimate of drug-likeness (QED) is 0.770. The lowest BCUT2D eigenvalue weighted by atomic mass is 10.0. The largest absolute Gasteiger partial charge is 0.336 e. The summed E-state index contributed by atoms with van der Waals surface area (Å²) in [6.45, 7) is 9.24. The van der Waals surface area contributed by atoms with Crippen LogP contribution in [0.5, 0.6) is 0 Å². The summed E-state index contributed by atoms with van der Waals surface area (Å²) in [5.41, 5.74) is 3.07. The van der Waals surface area contributed by atoms with E-state index in [1.807, 2.05) is 44.1 Å². The predicted octanol–water partition coefficient (Wildman–Crippen LogP) is 3.33. The first-order valence-corrected chi connectivity index (χ1v) is 9.94. The van der Waals surface area contributed by atoms with Gasteiger partial charge in [-0.15, -0.1) is 0 Å². The van der Waals surface area contributed by atoms with E-state index in [2.05, 4.69) is 31.1 Å². The molecule has 1 aromatic heterocycles. The second kappa shape index (κ2) is 8.17. The first-order chi connectivity index (χ1) is 13.3. The molecular weight excluding hydrogens is 352 g/mol. The van der Waals surface area contributed by atoms with Crippen molar-refractivity contribution in [2.24, 2.45) is 13.0 Å². The van der Waals surface area contributed by atoms with Gasteiger partial charge in [-0.05, 0) is 37.5 Å². The summed E-state index contributed by atoms with van der Waals surface area (Å²) in [4.78, 5) is 29.5. The predicted molar refractivity (Wildman–Crippen MR) is 110 cm³/mol. The zero-order chi connectivity index (χ0) is 20.4. The molecule has 0 saturated carbocycles. The van der Waals surface area contributed by atoms with Crippen LogP contribution in [0.1, 0.15) is 51.2 Å². The molecule has 1 aliphatic rings. The zero-order valence-corrected chi connectivity index (χ0v) is 17.4. The van der Waals surface area contributed by atoms with Gasteiger partial charge in [0, 0.05) is 50.0 Å². The Balaban J connectivity index is 1.75. The number of hydrogen-bond donors (Lipinski definition) is 0. The third kappa shape index (κ3) is 4.26. The highest BCUT2D eigenvalue weighted by molar-refractivity contribution is 6.00. The van der Waals surface area contributed by atoms with E-state index in [0.29, 0.717) is 19.0 Å². The Labute approximate surface area is 167 Å². The molecule has 1 saturated heterocycles. The van der Waals surface area contributed by atoms with Gasteiger partial charge < -0.3 is 9.80 Å². The van der Waals surface area contributed by atoms with Crippen LogP contribution in [0.25, 0.3) is 0 Å². The second-order valence-corrected chi connectivity index (χ2v) is 8.24. The fourth-order valence-corrected chi connectivity index (χ4v) is 3.67. The third-order valence-corrected chi connectivity index (χ3v) is 5.34. The van der Waals surface area contributed by atoms with Gasteiger partial charge in [0.1, 0.15) is 0 Å². The van der Waals surface area contributed by atoms with Crippen molar-refractivity contribution in [3.05, 3.63) is 47.8 Å². The lowest BCUT2D eigenvalue weighted by Crippen LogP contribution is -2.41. The topological polar surface area (TPSA) is 58.4 Å². The number of amides is 2. The van der Waals surface area contributed by atoms with Crippen LogP contribution < -0.4 is 4.90 Å². The molecule has 3 rings (SSSR count). The molecule has 2 amide bonds. The molecule has 1 unspecified atom stereocenters. The maximum atomic E-state index is 13.2. The van der Waals surface area contributed by atoms with Crippen molar-refractivity contribution in [2.75, 3.05) is 11.4 Å². The van der Waals surface area contributed by atoms with Crippen molar-refractivity contribution in [1.82, 2.24) is 14.7 Å². The molecule has 0 spiro atoms. The van der Waals surface area contributed by atoms with Gasteiger partial charge in [-0.2, -0.15) is 5.10 Å². The van der Waals surface area contributed by atoms with Crippen molar-refractivity contribution < 1.29 is 9.59 Å². The average molecular weight is 383 g/mol. The maximum absolute atomic E-state index is 13.2. The zero-order valence-electron chi connectivity index (χ0n) is 17.4. The summed E-state index contributed by atoms with van der Waals surface area (Å²) in [5.74, 6) is 0.138. The second-order valence-electron chi connectivity index (χ2n) is 8.24. The van der Waals surface area contributed by atoms with Gasteiger partial charge >= 0.3 is 0 Å². The van der Waals surface area contributed by atoms with E-state index in [1.165, 1.54) is 5.56 Å². The number of anilines is 1. The van der Waals surface area contributed by atoms with Crippen LogP contribution >= 0.6 is 0 Å². The smallest absolute Gasteiger partial charge is 0.228 e. The number of carbonyl (C=O) groups excluding carboxylic acids is 2. The molecule has 0 N–H and O–H groups in total. The molecule has 150 valence electrons. The normalized spacial score (nSPS) is 17.0. The van der Waals surface area contributed by atoms with E-state index < -0.39 is 0 Å². The van der Waals surface area contributed by atoms with E-state index >= 15 is 0 Å². The van der Waals surface area contributed by atoms with E-state index in [4.69, 9.17) is 0 Å². The number of benzene rings is 1. The van der Waals surface area contributed by atoms with E-state index in [9.17, 15) is 9.59 Å². The lowest BCUT2D eigenvalue weighted by Gasteiger charge is -2.29. The summed E-state index contributed by atoms with van der Waals surface area (Å²) in [5, 5.41) is 4.19. The fourth-order valence-electron chi connectivity index (χ4n) is 3.67. The van der Waals surface area contributed by atoms with Crippen LogP contribution in [0.3, 0.4) is 0 Å². The molecular formula is C22H30N4O2. The molecule has 28 heavy (non-hydrogen) atoms. The van der Waals surface area contributed by atoms with E-state index in [1.54, 1.807) is 15.8 Å². The Morgan fingerprint density at radius 1 is 1.29 bits per heavy atom. The van der Waals surface area contributed by atoms with Crippen molar-refractivity contribution in [2.45, 2.75) is 52.6 Å². The van der Waals surface area contributed by atoms with Crippen molar-refractivity contribution in [3.8, 4) is 0 Å². The minimum absolute atomic E-state index is 0.0179. The van der Waals surface area contributed by atoms with Crippen LogP contribution in [-0.4, -0.2) is 39.1 Å². The Hall–Kier alpha value is -2.63. The molecule has 0 bridgehead atoms. The van der Waals surface area contributed by atoms with E-state index in [0.717, 1.165) is 11.3 Å². The van der Waals surface area contributed by atoms with Crippen LogP contribution in [0.15, 0.2) is 36.7 Å².